The minimum Gasteiger partial charge on any atom is -0.346 e. The number of nitrogens with zero attached hydrogens (tertiary/aromatic N) is 1. The molecule has 6 heteroatoms. The summed E-state index contributed by atoms with van der Waals surface area (Å²) in [4.78, 5) is 6.68. The summed E-state index contributed by atoms with van der Waals surface area (Å²) < 4.78 is 39.6. The second kappa shape index (κ2) is 4.89. The van der Waals surface area contributed by atoms with Gasteiger partial charge >= 0.3 is 0 Å². The Balaban J connectivity index is 2.70. The van der Waals surface area contributed by atoms with Crippen LogP contribution in [-0.4, -0.2) is 9.97 Å². The number of hydrogen-bond donors (Lipinski definition) is 1. The first kappa shape index (κ1) is 12.8. The Kier molecular flexibility index (Phi) is 3.47. The molecule has 2 nitrogen and oxygen atoms in total. The third-order valence-electron chi connectivity index (χ3n) is 2.58. The maximum atomic E-state index is 13.2. The van der Waals surface area contributed by atoms with Crippen LogP contribution in [-0.2, 0) is 6.42 Å². The Morgan fingerprint density at radius 2 is 1.83 bits per heavy atom. The van der Waals surface area contributed by atoms with Gasteiger partial charge in [-0.25, -0.2) is 18.2 Å². The molecule has 0 aliphatic rings. The molecule has 94 valence electrons. The van der Waals surface area contributed by atoms with E-state index < -0.39 is 17.5 Å². The highest BCUT2D eigenvalue weighted by Crippen LogP contribution is 2.25. The van der Waals surface area contributed by atoms with Crippen molar-refractivity contribution in [2.75, 3.05) is 0 Å². The van der Waals surface area contributed by atoms with Crippen LogP contribution in [0.15, 0.2) is 18.5 Å². The number of aromatic amines is 1. The van der Waals surface area contributed by atoms with Gasteiger partial charge in [0.15, 0.2) is 17.5 Å². The number of nitrogens with one attached hydrogen (secondary N) is 1. The molecule has 0 saturated carbocycles. The summed E-state index contributed by atoms with van der Waals surface area (Å²) in [5, 5.41) is 0. The van der Waals surface area contributed by atoms with E-state index in [1.165, 1.54) is 6.33 Å². The fourth-order valence-corrected chi connectivity index (χ4v) is 2.01. The first-order valence-electron chi connectivity index (χ1n) is 5.26. The SMILES string of the molecule is CCc1c(-c2cc(F)c(F)c(F)c2)[nH]cnc1=S. The highest BCUT2D eigenvalue weighted by atomic mass is 32.1. The van der Waals surface area contributed by atoms with E-state index in [2.05, 4.69) is 9.97 Å². The Hall–Kier alpha value is -1.69. The molecule has 2 rings (SSSR count). The zero-order chi connectivity index (χ0) is 13.3. The van der Waals surface area contributed by atoms with E-state index in [0.29, 0.717) is 22.3 Å². The molecule has 0 unspecified atom stereocenters. The van der Waals surface area contributed by atoms with Crippen molar-refractivity contribution in [1.29, 1.82) is 0 Å². The molecule has 1 heterocycles. The lowest BCUT2D eigenvalue weighted by atomic mass is 10.1. The topological polar surface area (TPSA) is 28.7 Å². The minimum atomic E-state index is -1.48. The van der Waals surface area contributed by atoms with Crippen LogP contribution in [0, 0.1) is 22.1 Å². The Bertz CT molecular complexity index is 629. The molecular formula is C12H9F3N2S. The van der Waals surface area contributed by atoms with Crippen molar-refractivity contribution in [3.05, 3.63) is 46.1 Å². The summed E-state index contributed by atoms with van der Waals surface area (Å²) in [5.41, 5.74) is 1.32. The Morgan fingerprint density at radius 1 is 1.22 bits per heavy atom. The van der Waals surface area contributed by atoms with Crippen LogP contribution in [0.3, 0.4) is 0 Å². The van der Waals surface area contributed by atoms with Crippen molar-refractivity contribution in [3.63, 3.8) is 0 Å². The summed E-state index contributed by atoms with van der Waals surface area (Å²) in [6, 6.07) is 1.86. The number of rotatable bonds is 2. The monoisotopic (exact) mass is 270 g/mol. The molecule has 2 aromatic rings. The number of hydrogen-bond acceptors (Lipinski definition) is 2. The molecule has 0 saturated heterocycles. The van der Waals surface area contributed by atoms with Crippen molar-refractivity contribution in [2.45, 2.75) is 13.3 Å². The number of benzene rings is 1. The van der Waals surface area contributed by atoms with Gasteiger partial charge in [0.25, 0.3) is 0 Å². The highest BCUT2D eigenvalue weighted by molar-refractivity contribution is 7.71. The summed E-state index contributed by atoms with van der Waals surface area (Å²) in [7, 11) is 0. The molecule has 0 amide bonds. The van der Waals surface area contributed by atoms with Crippen LogP contribution >= 0.6 is 12.2 Å². The molecule has 0 aliphatic carbocycles. The molecule has 0 fully saturated rings. The van der Waals surface area contributed by atoms with Crippen LogP contribution in [0.25, 0.3) is 11.3 Å². The van der Waals surface area contributed by atoms with E-state index >= 15 is 0 Å². The van der Waals surface area contributed by atoms with Crippen molar-refractivity contribution in [3.8, 4) is 11.3 Å². The molecule has 18 heavy (non-hydrogen) atoms. The zero-order valence-corrected chi connectivity index (χ0v) is 10.2. The van der Waals surface area contributed by atoms with E-state index in [1.807, 2.05) is 6.92 Å². The fraction of sp³-hybridized carbons (Fsp3) is 0.167. The molecule has 0 atom stereocenters. The molecule has 1 aromatic carbocycles. The van der Waals surface area contributed by atoms with Gasteiger partial charge in [0, 0.05) is 11.1 Å². The molecular weight excluding hydrogens is 261 g/mol. The molecule has 0 aliphatic heterocycles. The highest BCUT2D eigenvalue weighted by Gasteiger charge is 2.14. The van der Waals surface area contributed by atoms with Gasteiger partial charge in [-0.2, -0.15) is 0 Å². The Labute approximate surface area is 107 Å². The predicted octanol–water partition coefficient (Wildman–Crippen LogP) is 3.79. The summed E-state index contributed by atoms with van der Waals surface area (Å²) in [6.07, 6.45) is 1.90. The number of aromatic nitrogens is 2. The van der Waals surface area contributed by atoms with E-state index in [0.717, 1.165) is 12.1 Å². The summed E-state index contributed by atoms with van der Waals surface area (Å²) >= 11 is 5.04. The average Bonchev–Trinajstić information content (AvgIpc) is 2.35. The first-order chi connectivity index (χ1) is 8.54. The van der Waals surface area contributed by atoms with Gasteiger partial charge in [0.2, 0.25) is 0 Å². The summed E-state index contributed by atoms with van der Waals surface area (Å²) in [6.45, 7) is 1.85. The predicted molar refractivity (Wildman–Crippen MR) is 64.1 cm³/mol. The number of halogens is 3. The van der Waals surface area contributed by atoms with Crippen molar-refractivity contribution >= 4 is 12.2 Å². The van der Waals surface area contributed by atoms with Crippen LogP contribution in [0.5, 0.6) is 0 Å². The largest absolute Gasteiger partial charge is 0.346 e. The van der Waals surface area contributed by atoms with Crippen LogP contribution in [0.2, 0.25) is 0 Å². The van der Waals surface area contributed by atoms with Gasteiger partial charge in [-0.05, 0) is 18.6 Å². The third kappa shape index (κ3) is 2.15. The minimum absolute atomic E-state index is 0.205. The number of H-pyrrole nitrogens is 1. The fourth-order valence-electron chi connectivity index (χ4n) is 1.71. The second-order valence-corrected chi connectivity index (χ2v) is 4.06. The van der Waals surface area contributed by atoms with Crippen molar-refractivity contribution in [2.24, 2.45) is 0 Å². The average molecular weight is 270 g/mol. The van der Waals surface area contributed by atoms with E-state index in [1.54, 1.807) is 0 Å². The van der Waals surface area contributed by atoms with Crippen molar-refractivity contribution in [1.82, 2.24) is 9.97 Å². The van der Waals surface area contributed by atoms with Gasteiger partial charge < -0.3 is 4.98 Å². The smallest absolute Gasteiger partial charge is 0.194 e. The lowest BCUT2D eigenvalue weighted by Gasteiger charge is -2.08. The maximum Gasteiger partial charge on any atom is 0.194 e. The van der Waals surface area contributed by atoms with Crippen LogP contribution in [0.4, 0.5) is 13.2 Å². The van der Waals surface area contributed by atoms with Crippen LogP contribution in [0.1, 0.15) is 12.5 Å². The molecule has 1 N–H and O–H groups in total. The van der Waals surface area contributed by atoms with Gasteiger partial charge in [0.05, 0.1) is 12.0 Å². The first-order valence-corrected chi connectivity index (χ1v) is 5.67. The third-order valence-corrected chi connectivity index (χ3v) is 2.93. The quantitative estimate of drug-likeness (QED) is 0.664. The Morgan fingerprint density at radius 3 is 2.39 bits per heavy atom. The van der Waals surface area contributed by atoms with Gasteiger partial charge in [-0.3, -0.25) is 0 Å². The van der Waals surface area contributed by atoms with E-state index in [9.17, 15) is 13.2 Å². The van der Waals surface area contributed by atoms with Crippen molar-refractivity contribution < 1.29 is 13.2 Å². The summed E-state index contributed by atoms with van der Waals surface area (Å²) in [5.74, 6) is -3.95. The molecule has 1 aromatic heterocycles. The van der Waals surface area contributed by atoms with E-state index in [-0.39, 0.29) is 5.56 Å². The van der Waals surface area contributed by atoms with Gasteiger partial charge in [-0.15, -0.1) is 0 Å². The molecule has 0 radical (unpaired) electrons. The van der Waals surface area contributed by atoms with Gasteiger partial charge in [-0.1, -0.05) is 19.1 Å². The zero-order valence-electron chi connectivity index (χ0n) is 9.43. The molecule has 0 spiro atoms. The second-order valence-electron chi connectivity index (χ2n) is 3.67. The van der Waals surface area contributed by atoms with Crippen LogP contribution < -0.4 is 0 Å². The van der Waals surface area contributed by atoms with Gasteiger partial charge in [0.1, 0.15) is 4.64 Å². The lowest BCUT2D eigenvalue weighted by Crippen LogP contribution is -1.98. The standard InChI is InChI=1S/C12H9F3N2S/c1-2-7-11(16-5-17-12(7)18)6-3-8(13)10(15)9(14)4-6/h3-5H,2H2,1H3,(H,16,17,18). The van der Waals surface area contributed by atoms with E-state index in [4.69, 9.17) is 12.2 Å². The maximum absolute atomic E-state index is 13.2. The molecule has 0 bridgehead atoms. The normalized spacial score (nSPS) is 10.7. The lowest BCUT2D eigenvalue weighted by molar-refractivity contribution is 0.447.